The molecule has 0 amide bonds. The second-order valence-electron chi connectivity index (χ2n) is 7.17. The Bertz CT molecular complexity index is 727. The lowest BCUT2D eigenvalue weighted by molar-refractivity contribution is 0.834. The molecule has 0 aliphatic carbocycles. The quantitative estimate of drug-likeness (QED) is 0.563. The minimum atomic E-state index is 0.456. The third-order valence-electron chi connectivity index (χ3n) is 4.17. The lowest BCUT2D eigenvalue weighted by Crippen LogP contribution is -2.00. The second-order valence-corrected chi connectivity index (χ2v) is 7.17. The zero-order valence-corrected chi connectivity index (χ0v) is 16.3. The number of rotatable bonds is 6. The van der Waals surface area contributed by atoms with Crippen molar-refractivity contribution in [3.05, 3.63) is 71.4 Å². The fraction of sp³-hybridized carbons (Fsp3) is 0.348. The molecule has 2 aromatic rings. The first kappa shape index (κ1) is 19.0. The van der Waals surface area contributed by atoms with Gasteiger partial charge in [0.05, 0.1) is 5.69 Å². The zero-order chi connectivity index (χ0) is 18.4. The normalized spacial score (nSPS) is 12.8. The van der Waals surface area contributed by atoms with Crippen molar-refractivity contribution in [3.8, 4) is 0 Å². The SMILES string of the molecule is CC(/C=C(/C)Nc1ccccc1)=Nc1c(C(C)C)cccc1C(C)C. The van der Waals surface area contributed by atoms with Gasteiger partial charge in [-0.25, -0.2) is 0 Å². The molecule has 2 nitrogen and oxygen atoms in total. The Morgan fingerprint density at radius 2 is 1.40 bits per heavy atom. The summed E-state index contributed by atoms with van der Waals surface area (Å²) in [6.45, 7) is 13.1. The topological polar surface area (TPSA) is 24.4 Å². The van der Waals surface area contributed by atoms with E-state index in [1.807, 2.05) is 18.2 Å². The predicted octanol–water partition coefficient (Wildman–Crippen LogP) is 7.04. The molecular formula is C23H30N2. The van der Waals surface area contributed by atoms with Gasteiger partial charge in [0, 0.05) is 17.1 Å². The standard InChI is InChI=1S/C23H30N2/c1-16(2)21-13-10-14-22(17(3)4)23(21)25-19(6)15-18(5)24-20-11-8-7-9-12-20/h7-17,24H,1-6H3/b18-15-,25-19?. The molecule has 0 radical (unpaired) electrons. The van der Waals surface area contributed by atoms with Crippen LogP contribution in [0.2, 0.25) is 0 Å². The van der Waals surface area contributed by atoms with E-state index in [4.69, 9.17) is 4.99 Å². The maximum Gasteiger partial charge on any atom is 0.0701 e. The minimum absolute atomic E-state index is 0.456. The van der Waals surface area contributed by atoms with E-state index in [9.17, 15) is 0 Å². The van der Waals surface area contributed by atoms with Crippen molar-refractivity contribution in [1.82, 2.24) is 0 Å². The molecule has 0 saturated carbocycles. The third kappa shape index (κ3) is 5.32. The molecule has 0 aromatic heterocycles. The summed E-state index contributed by atoms with van der Waals surface area (Å²) in [5.74, 6) is 0.913. The predicted molar refractivity (Wildman–Crippen MR) is 111 cm³/mol. The van der Waals surface area contributed by atoms with Crippen LogP contribution in [0.15, 0.2) is 65.3 Å². The average molecular weight is 335 g/mol. The van der Waals surface area contributed by atoms with Gasteiger partial charge < -0.3 is 5.32 Å². The van der Waals surface area contributed by atoms with Crippen molar-refractivity contribution in [2.24, 2.45) is 4.99 Å². The summed E-state index contributed by atoms with van der Waals surface area (Å²) < 4.78 is 0. The summed E-state index contributed by atoms with van der Waals surface area (Å²) in [5.41, 5.74) is 6.94. The van der Waals surface area contributed by atoms with Crippen LogP contribution in [0.5, 0.6) is 0 Å². The number of anilines is 1. The molecule has 0 atom stereocenters. The van der Waals surface area contributed by atoms with Crippen LogP contribution >= 0.6 is 0 Å². The molecule has 132 valence electrons. The largest absolute Gasteiger partial charge is 0.359 e. The molecule has 1 N–H and O–H groups in total. The van der Waals surface area contributed by atoms with Crippen LogP contribution in [0.4, 0.5) is 11.4 Å². The lowest BCUT2D eigenvalue weighted by atomic mass is 9.93. The van der Waals surface area contributed by atoms with E-state index in [0.717, 1.165) is 22.8 Å². The van der Waals surface area contributed by atoms with E-state index in [-0.39, 0.29) is 0 Å². The first-order valence-corrected chi connectivity index (χ1v) is 9.07. The number of benzene rings is 2. The first-order valence-electron chi connectivity index (χ1n) is 9.07. The molecule has 0 saturated heterocycles. The Hall–Kier alpha value is -2.35. The summed E-state index contributed by atoms with van der Waals surface area (Å²) in [4.78, 5) is 4.98. The summed E-state index contributed by atoms with van der Waals surface area (Å²) in [6.07, 6.45) is 2.11. The van der Waals surface area contributed by atoms with Gasteiger partial charge in [-0.3, -0.25) is 4.99 Å². The average Bonchev–Trinajstić information content (AvgIpc) is 2.55. The zero-order valence-electron chi connectivity index (χ0n) is 16.3. The number of hydrogen-bond acceptors (Lipinski definition) is 2. The number of nitrogens with one attached hydrogen (secondary N) is 1. The highest BCUT2D eigenvalue weighted by atomic mass is 14.9. The van der Waals surface area contributed by atoms with Crippen molar-refractivity contribution in [3.63, 3.8) is 0 Å². The number of para-hydroxylation sites is 2. The second kappa shape index (κ2) is 8.66. The van der Waals surface area contributed by atoms with Crippen molar-refractivity contribution in [1.29, 1.82) is 0 Å². The van der Waals surface area contributed by atoms with Gasteiger partial charge >= 0.3 is 0 Å². The molecule has 2 aromatic carbocycles. The van der Waals surface area contributed by atoms with Crippen molar-refractivity contribution in [2.45, 2.75) is 53.4 Å². The van der Waals surface area contributed by atoms with Gasteiger partial charge in [-0.1, -0.05) is 64.1 Å². The fourth-order valence-corrected chi connectivity index (χ4v) is 2.95. The van der Waals surface area contributed by atoms with E-state index in [1.54, 1.807) is 0 Å². The van der Waals surface area contributed by atoms with E-state index >= 15 is 0 Å². The summed E-state index contributed by atoms with van der Waals surface area (Å²) in [5, 5.41) is 3.41. The molecule has 0 spiro atoms. The van der Waals surface area contributed by atoms with Crippen LogP contribution in [-0.2, 0) is 0 Å². The maximum atomic E-state index is 4.98. The van der Waals surface area contributed by atoms with Crippen LogP contribution in [0.3, 0.4) is 0 Å². The Labute approximate surface area is 152 Å². The molecule has 25 heavy (non-hydrogen) atoms. The van der Waals surface area contributed by atoms with Gasteiger partial charge in [0.25, 0.3) is 0 Å². The van der Waals surface area contributed by atoms with Crippen LogP contribution in [0, 0.1) is 0 Å². The molecule has 0 heterocycles. The fourth-order valence-electron chi connectivity index (χ4n) is 2.95. The van der Waals surface area contributed by atoms with Crippen molar-refractivity contribution in [2.75, 3.05) is 5.32 Å². The van der Waals surface area contributed by atoms with E-state index < -0.39 is 0 Å². The maximum absolute atomic E-state index is 4.98. The van der Waals surface area contributed by atoms with Crippen LogP contribution in [0.1, 0.15) is 64.5 Å². The molecule has 2 rings (SSSR count). The number of nitrogens with zero attached hydrogens (tertiary/aromatic N) is 1. The van der Waals surface area contributed by atoms with Crippen molar-refractivity contribution < 1.29 is 0 Å². The number of hydrogen-bond donors (Lipinski definition) is 1. The minimum Gasteiger partial charge on any atom is -0.359 e. The van der Waals surface area contributed by atoms with E-state index in [2.05, 4.69) is 83.3 Å². The van der Waals surface area contributed by atoms with Gasteiger partial charge in [0.15, 0.2) is 0 Å². The Kier molecular flexibility index (Phi) is 6.58. The molecule has 0 bridgehead atoms. The number of allylic oxidation sites excluding steroid dienone is 2. The lowest BCUT2D eigenvalue weighted by Gasteiger charge is -2.17. The Morgan fingerprint density at radius 3 is 1.92 bits per heavy atom. The van der Waals surface area contributed by atoms with Gasteiger partial charge in [-0.15, -0.1) is 0 Å². The van der Waals surface area contributed by atoms with Crippen molar-refractivity contribution >= 4 is 17.1 Å². The van der Waals surface area contributed by atoms with Gasteiger partial charge in [-0.05, 0) is 55.0 Å². The smallest absolute Gasteiger partial charge is 0.0701 e. The highest BCUT2D eigenvalue weighted by Gasteiger charge is 2.13. The number of aliphatic imine (C=N–C) groups is 1. The first-order chi connectivity index (χ1) is 11.9. The third-order valence-corrected chi connectivity index (χ3v) is 4.17. The van der Waals surface area contributed by atoms with E-state index in [1.165, 1.54) is 11.1 Å². The molecule has 2 heteroatoms. The Morgan fingerprint density at radius 1 is 0.840 bits per heavy atom. The molecular weight excluding hydrogens is 304 g/mol. The molecule has 0 fully saturated rings. The van der Waals surface area contributed by atoms with Crippen LogP contribution < -0.4 is 5.32 Å². The highest BCUT2D eigenvalue weighted by Crippen LogP contribution is 2.34. The summed E-state index contributed by atoms with van der Waals surface area (Å²) >= 11 is 0. The highest BCUT2D eigenvalue weighted by molar-refractivity contribution is 5.96. The Balaban J connectivity index is 2.34. The summed E-state index contributed by atoms with van der Waals surface area (Å²) in [6, 6.07) is 16.8. The van der Waals surface area contributed by atoms with Crippen LogP contribution in [-0.4, -0.2) is 5.71 Å². The van der Waals surface area contributed by atoms with Gasteiger partial charge in [0.1, 0.15) is 0 Å². The van der Waals surface area contributed by atoms with Crippen LogP contribution in [0.25, 0.3) is 0 Å². The molecule has 0 aliphatic heterocycles. The summed E-state index contributed by atoms with van der Waals surface area (Å²) in [7, 11) is 0. The monoisotopic (exact) mass is 334 g/mol. The van der Waals surface area contributed by atoms with Gasteiger partial charge in [0.2, 0.25) is 0 Å². The molecule has 0 aliphatic rings. The molecule has 0 unspecified atom stereocenters. The van der Waals surface area contributed by atoms with Gasteiger partial charge in [-0.2, -0.15) is 0 Å². The van der Waals surface area contributed by atoms with E-state index in [0.29, 0.717) is 11.8 Å².